The second-order valence-corrected chi connectivity index (χ2v) is 7.09. The second kappa shape index (κ2) is 9.52. The van der Waals surface area contributed by atoms with Gasteiger partial charge in [-0.05, 0) is 50.9 Å². The van der Waals surface area contributed by atoms with Gasteiger partial charge in [0.1, 0.15) is 0 Å². The third kappa shape index (κ3) is 6.04. The van der Waals surface area contributed by atoms with Gasteiger partial charge in [0.25, 0.3) is 0 Å². The minimum absolute atomic E-state index is 0.662. The third-order valence-electron chi connectivity index (χ3n) is 4.42. The van der Waals surface area contributed by atoms with Gasteiger partial charge >= 0.3 is 0 Å². The first kappa shape index (κ1) is 18.6. The van der Waals surface area contributed by atoms with Crippen molar-refractivity contribution in [2.45, 2.75) is 59.0 Å². The van der Waals surface area contributed by atoms with Gasteiger partial charge in [-0.1, -0.05) is 50.6 Å². The predicted molar refractivity (Wildman–Crippen MR) is 98.7 cm³/mol. The molecule has 0 aliphatic carbocycles. The fourth-order valence-electron chi connectivity index (χ4n) is 2.91. The second-order valence-electron chi connectivity index (χ2n) is 7.09. The molecular weight excluding hydrogens is 298 g/mol. The monoisotopic (exact) mass is 329 g/mol. The number of benzene rings is 1. The van der Waals surface area contributed by atoms with Gasteiger partial charge in [0.2, 0.25) is 5.82 Å². The van der Waals surface area contributed by atoms with Crippen LogP contribution >= 0.6 is 0 Å². The van der Waals surface area contributed by atoms with E-state index >= 15 is 0 Å². The average molecular weight is 329 g/mol. The molecule has 0 aliphatic rings. The molecule has 0 amide bonds. The lowest BCUT2D eigenvalue weighted by molar-refractivity contribution is 0.223. The summed E-state index contributed by atoms with van der Waals surface area (Å²) in [7, 11) is 2.23. The zero-order chi connectivity index (χ0) is 17.4. The van der Waals surface area contributed by atoms with Crippen LogP contribution in [0.3, 0.4) is 0 Å². The largest absolute Gasteiger partial charge is 0.304 e. The number of hydrogen-bond donors (Lipinski definition) is 0. The molecular formula is C19H31N5. The fourth-order valence-corrected chi connectivity index (χ4v) is 2.91. The van der Waals surface area contributed by atoms with Crippen LogP contribution in [0.2, 0.25) is 0 Å². The van der Waals surface area contributed by atoms with Crippen molar-refractivity contribution in [3.8, 4) is 11.4 Å². The summed E-state index contributed by atoms with van der Waals surface area (Å²) in [4.78, 5) is 4.19. The van der Waals surface area contributed by atoms with E-state index in [1.54, 1.807) is 4.80 Å². The van der Waals surface area contributed by atoms with Gasteiger partial charge in [-0.3, -0.25) is 0 Å². The van der Waals surface area contributed by atoms with E-state index in [9.17, 15) is 0 Å². The summed E-state index contributed by atoms with van der Waals surface area (Å²) < 4.78 is 0. The van der Waals surface area contributed by atoms with E-state index in [4.69, 9.17) is 0 Å². The molecule has 0 radical (unpaired) electrons. The number of unbranched alkanes of at least 4 members (excludes halogenated alkanes) is 2. The van der Waals surface area contributed by atoms with Crippen LogP contribution in [0.25, 0.3) is 11.4 Å². The van der Waals surface area contributed by atoms with Crippen molar-refractivity contribution in [3.63, 3.8) is 0 Å². The summed E-state index contributed by atoms with van der Waals surface area (Å²) in [6, 6.07) is 10.7. The molecule has 5 nitrogen and oxygen atoms in total. The van der Waals surface area contributed by atoms with E-state index < -0.39 is 0 Å². The summed E-state index contributed by atoms with van der Waals surface area (Å²) in [5.41, 5.74) is 1.02. The fraction of sp³-hybridized carbons (Fsp3) is 0.632. The number of rotatable bonds is 10. The molecule has 2 aromatic rings. The molecule has 0 bridgehead atoms. The first-order valence-electron chi connectivity index (χ1n) is 9.09. The zero-order valence-electron chi connectivity index (χ0n) is 15.5. The number of hydrogen-bond acceptors (Lipinski definition) is 4. The SMILES string of the molecule is CC(C)CC(C)N(C)CCCCCn1nnc(-c2ccccc2)n1. The summed E-state index contributed by atoms with van der Waals surface area (Å²) in [5, 5.41) is 12.7. The number of aromatic nitrogens is 4. The van der Waals surface area contributed by atoms with Crippen molar-refractivity contribution >= 4 is 0 Å². The maximum Gasteiger partial charge on any atom is 0.204 e. The lowest BCUT2D eigenvalue weighted by atomic mass is 10.0. The Hall–Kier alpha value is -1.75. The highest BCUT2D eigenvalue weighted by atomic mass is 15.6. The van der Waals surface area contributed by atoms with Gasteiger partial charge in [0.15, 0.2) is 0 Å². The molecule has 1 heterocycles. The molecule has 0 fully saturated rings. The molecule has 0 spiro atoms. The standard InChI is InChI=1S/C19H31N5/c1-16(2)15-17(3)23(4)13-9-6-10-14-24-21-19(20-22-24)18-11-7-5-8-12-18/h5,7-8,11-12,16-17H,6,9-10,13-15H2,1-4H3. The Balaban J connectivity index is 1.65. The average Bonchev–Trinajstić information content (AvgIpc) is 3.03. The highest BCUT2D eigenvalue weighted by Crippen LogP contribution is 2.13. The van der Waals surface area contributed by atoms with E-state index in [-0.39, 0.29) is 0 Å². The van der Waals surface area contributed by atoms with E-state index in [0.717, 1.165) is 31.0 Å². The van der Waals surface area contributed by atoms with Crippen LogP contribution in [0, 0.1) is 5.92 Å². The van der Waals surface area contributed by atoms with Gasteiger partial charge < -0.3 is 4.90 Å². The highest BCUT2D eigenvalue weighted by Gasteiger charge is 2.10. The van der Waals surface area contributed by atoms with Gasteiger partial charge in [-0.2, -0.15) is 4.80 Å². The summed E-state index contributed by atoms with van der Waals surface area (Å²) in [6.07, 6.45) is 4.78. The van der Waals surface area contributed by atoms with E-state index in [0.29, 0.717) is 11.9 Å². The van der Waals surface area contributed by atoms with Crippen LogP contribution in [0.4, 0.5) is 0 Å². The van der Waals surface area contributed by atoms with E-state index in [1.165, 1.54) is 19.3 Å². The minimum Gasteiger partial charge on any atom is -0.304 e. The van der Waals surface area contributed by atoms with E-state index in [2.05, 4.69) is 48.1 Å². The van der Waals surface area contributed by atoms with Crippen LogP contribution in [-0.2, 0) is 6.54 Å². The Labute approximate surface area is 146 Å². The normalized spacial score (nSPS) is 12.9. The summed E-state index contributed by atoms with van der Waals surface area (Å²) >= 11 is 0. The zero-order valence-corrected chi connectivity index (χ0v) is 15.5. The Morgan fingerprint density at radius 1 is 1.04 bits per heavy atom. The minimum atomic E-state index is 0.662. The topological polar surface area (TPSA) is 46.8 Å². The lowest BCUT2D eigenvalue weighted by Crippen LogP contribution is -2.31. The Bertz CT molecular complexity index is 578. The summed E-state index contributed by atoms with van der Waals surface area (Å²) in [5.74, 6) is 1.47. The molecule has 1 aromatic heterocycles. The highest BCUT2D eigenvalue weighted by molar-refractivity contribution is 5.52. The van der Waals surface area contributed by atoms with Crippen molar-refractivity contribution in [3.05, 3.63) is 30.3 Å². The lowest BCUT2D eigenvalue weighted by Gasteiger charge is -2.26. The van der Waals surface area contributed by atoms with Gasteiger partial charge in [0, 0.05) is 11.6 Å². The predicted octanol–water partition coefficient (Wildman–Crippen LogP) is 3.88. The molecule has 0 saturated heterocycles. The molecule has 1 atom stereocenters. The van der Waals surface area contributed by atoms with Gasteiger partial charge in [-0.15, -0.1) is 10.2 Å². The van der Waals surface area contributed by atoms with Crippen LogP contribution in [0.5, 0.6) is 0 Å². The molecule has 0 N–H and O–H groups in total. The first-order chi connectivity index (χ1) is 11.6. The smallest absolute Gasteiger partial charge is 0.204 e. The molecule has 132 valence electrons. The first-order valence-corrected chi connectivity index (χ1v) is 9.09. The van der Waals surface area contributed by atoms with Crippen molar-refractivity contribution in [1.82, 2.24) is 25.1 Å². The number of tetrazole rings is 1. The van der Waals surface area contributed by atoms with Crippen LogP contribution in [0.15, 0.2) is 30.3 Å². The maximum absolute atomic E-state index is 4.46. The Morgan fingerprint density at radius 3 is 2.50 bits per heavy atom. The molecule has 5 heteroatoms. The molecule has 24 heavy (non-hydrogen) atoms. The van der Waals surface area contributed by atoms with Gasteiger partial charge in [0.05, 0.1) is 6.54 Å². The maximum atomic E-state index is 4.46. The van der Waals surface area contributed by atoms with Crippen LogP contribution in [-0.4, -0.2) is 44.7 Å². The number of nitrogens with zero attached hydrogens (tertiary/aromatic N) is 5. The Morgan fingerprint density at radius 2 is 1.79 bits per heavy atom. The molecule has 1 unspecified atom stereocenters. The Kier molecular flexibility index (Phi) is 7.37. The van der Waals surface area contributed by atoms with Crippen LogP contribution < -0.4 is 0 Å². The number of aryl methyl sites for hydroxylation is 1. The van der Waals surface area contributed by atoms with Crippen molar-refractivity contribution in [2.24, 2.45) is 5.92 Å². The van der Waals surface area contributed by atoms with Gasteiger partial charge in [-0.25, -0.2) is 0 Å². The summed E-state index contributed by atoms with van der Waals surface area (Å²) in [6.45, 7) is 8.90. The quantitative estimate of drug-likeness (QED) is 0.621. The van der Waals surface area contributed by atoms with Crippen molar-refractivity contribution < 1.29 is 0 Å². The van der Waals surface area contributed by atoms with E-state index in [1.807, 2.05) is 30.3 Å². The van der Waals surface area contributed by atoms with Crippen molar-refractivity contribution in [1.29, 1.82) is 0 Å². The molecule has 0 saturated carbocycles. The third-order valence-corrected chi connectivity index (χ3v) is 4.42. The van der Waals surface area contributed by atoms with Crippen LogP contribution in [0.1, 0.15) is 46.5 Å². The van der Waals surface area contributed by atoms with Crippen molar-refractivity contribution in [2.75, 3.05) is 13.6 Å². The molecule has 0 aliphatic heterocycles. The molecule has 1 aromatic carbocycles. The molecule has 2 rings (SSSR count).